The number of carbonyl (C=O) groups is 1. The summed E-state index contributed by atoms with van der Waals surface area (Å²) >= 11 is 0. The Bertz CT molecular complexity index is 696. The summed E-state index contributed by atoms with van der Waals surface area (Å²) in [6.45, 7) is 3.99. The van der Waals surface area contributed by atoms with Gasteiger partial charge < -0.3 is 15.0 Å². The van der Waals surface area contributed by atoms with Crippen LogP contribution in [-0.4, -0.2) is 29.1 Å². The minimum atomic E-state index is -0.770. The standard InChI is InChI=1S/C16H18N2O2/c1-9(16(19)20)11-3-2-4-12-13-10-5-7-18(8-6-10)15(13)17-14(11)12/h2-4,9-10,17H,5-8H2,1H3,(H,19,20). The molecule has 0 saturated carbocycles. The molecule has 1 aromatic heterocycles. The van der Waals surface area contributed by atoms with Gasteiger partial charge in [0.2, 0.25) is 0 Å². The second-order valence-electron chi connectivity index (χ2n) is 5.98. The quantitative estimate of drug-likeness (QED) is 0.881. The summed E-state index contributed by atoms with van der Waals surface area (Å²) in [5, 5.41) is 10.5. The minimum Gasteiger partial charge on any atom is -0.481 e. The van der Waals surface area contributed by atoms with Crippen LogP contribution >= 0.6 is 0 Å². The highest BCUT2D eigenvalue weighted by atomic mass is 16.4. The monoisotopic (exact) mass is 270 g/mol. The number of anilines is 1. The van der Waals surface area contributed by atoms with Crippen LogP contribution in [0.5, 0.6) is 0 Å². The average Bonchev–Trinajstić information content (AvgIpc) is 2.89. The van der Waals surface area contributed by atoms with Crippen molar-refractivity contribution in [2.24, 2.45) is 0 Å². The van der Waals surface area contributed by atoms with E-state index in [9.17, 15) is 9.90 Å². The molecule has 0 amide bonds. The molecule has 2 N–H and O–H groups in total. The van der Waals surface area contributed by atoms with Crippen molar-refractivity contribution >= 4 is 22.7 Å². The third-order valence-electron chi connectivity index (χ3n) is 4.94. The van der Waals surface area contributed by atoms with Crippen molar-refractivity contribution in [1.29, 1.82) is 0 Å². The van der Waals surface area contributed by atoms with Crippen LogP contribution in [0.1, 0.15) is 42.7 Å². The second-order valence-corrected chi connectivity index (χ2v) is 5.98. The zero-order chi connectivity index (χ0) is 13.9. The van der Waals surface area contributed by atoms with Crippen LogP contribution in [0, 0.1) is 0 Å². The number of aromatic amines is 1. The molecule has 4 heterocycles. The SMILES string of the molecule is CC(C(=O)O)c1cccc2c3c([nH]c12)N1CCC3CC1. The molecule has 5 rings (SSSR count). The number of aromatic nitrogens is 1. The summed E-state index contributed by atoms with van der Waals surface area (Å²) in [4.78, 5) is 17.2. The Morgan fingerprint density at radius 1 is 1.40 bits per heavy atom. The molecule has 1 fully saturated rings. The van der Waals surface area contributed by atoms with E-state index in [-0.39, 0.29) is 0 Å². The molecular formula is C16H18N2O2. The summed E-state index contributed by atoms with van der Waals surface area (Å²) in [7, 11) is 0. The number of aliphatic carboxylic acids is 1. The Balaban J connectivity index is 1.98. The third kappa shape index (κ3) is 1.45. The molecule has 2 bridgehead atoms. The molecule has 3 aliphatic heterocycles. The van der Waals surface area contributed by atoms with Crippen molar-refractivity contribution in [3.63, 3.8) is 0 Å². The molecule has 1 atom stereocenters. The maximum absolute atomic E-state index is 11.3. The van der Waals surface area contributed by atoms with Gasteiger partial charge >= 0.3 is 5.97 Å². The van der Waals surface area contributed by atoms with Crippen LogP contribution in [0.4, 0.5) is 5.82 Å². The number of carboxylic acid groups (broad SMARTS) is 1. The maximum Gasteiger partial charge on any atom is 0.310 e. The van der Waals surface area contributed by atoms with Crippen LogP contribution in [0.2, 0.25) is 0 Å². The van der Waals surface area contributed by atoms with E-state index in [1.807, 2.05) is 12.1 Å². The highest BCUT2D eigenvalue weighted by molar-refractivity contribution is 5.95. The molecular weight excluding hydrogens is 252 g/mol. The van der Waals surface area contributed by atoms with E-state index in [1.54, 1.807) is 6.92 Å². The number of benzene rings is 1. The van der Waals surface area contributed by atoms with Gasteiger partial charge in [-0.1, -0.05) is 18.2 Å². The number of hydrogen-bond donors (Lipinski definition) is 2. The predicted molar refractivity (Wildman–Crippen MR) is 78.5 cm³/mol. The minimum absolute atomic E-state index is 0.480. The fraction of sp³-hybridized carbons (Fsp3) is 0.438. The average molecular weight is 270 g/mol. The van der Waals surface area contributed by atoms with Crippen LogP contribution in [0.25, 0.3) is 10.9 Å². The lowest BCUT2D eigenvalue weighted by atomic mass is 9.84. The molecule has 4 nitrogen and oxygen atoms in total. The Morgan fingerprint density at radius 2 is 2.15 bits per heavy atom. The largest absolute Gasteiger partial charge is 0.481 e. The molecule has 1 aromatic carbocycles. The van der Waals surface area contributed by atoms with E-state index in [0.717, 1.165) is 24.2 Å². The molecule has 104 valence electrons. The van der Waals surface area contributed by atoms with Crippen molar-refractivity contribution in [3.8, 4) is 0 Å². The molecule has 2 aromatic rings. The fourth-order valence-corrected chi connectivity index (χ4v) is 3.80. The van der Waals surface area contributed by atoms with E-state index in [4.69, 9.17) is 0 Å². The smallest absolute Gasteiger partial charge is 0.310 e. The summed E-state index contributed by atoms with van der Waals surface area (Å²) in [5.41, 5.74) is 3.33. The van der Waals surface area contributed by atoms with Crippen molar-refractivity contribution in [1.82, 2.24) is 4.98 Å². The highest BCUT2D eigenvalue weighted by Gasteiger charge is 2.34. The molecule has 1 saturated heterocycles. The molecule has 4 heteroatoms. The first-order valence-electron chi connectivity index (χ1n) is 7.29. The number of hydrogen-bond acceptors (Lipinski definition) is 2. The van der Waals surface area contributed by atoms with Gasteiger partial charge in [-0.25, -0.2) is 0 Å². The lowest BCUT2D eigenvalue weighted by Crippen LogP contribution is -2.38. The number of H-pyrrole nitrogens is 1. The number of piperidine rings is 1. The van der Waals surface area contributed by atoms with E-state index >= 15 is 0 Å². The van der Waals surface area contributed by atoms with Gasteiger partial charge in [-0.05, 0) is 31.2 Å². The molecule has 0 radical (unpaired) electrons. The topological polar surface area (TPSA) is 56.3 Å². The number of nitrogens with zero attached hydrogens (tertiary/aromatic N) is 1. The summed E-state index contributed by atoms with van der Waals surface area (Å²) < 4.78 is 0. The van der Waals surface area contributed by atoms with Crippen LogP contribution in [0.3, 0.4) is 0 Å². The molecule has 3 aliphatic rings. The van der Waals surface area contributed by atoms with Crippen LogP contribution in [0.15, 0.2) is 18.2 Å². The molecule has 0 aliphatic carbocycles. The van der Waals surface area contributed by atoms with Crippen molar-refractivity contribution < 1.29 is 9.90 Å². The summed E-state index contributed by atoms with van der Waals surface area (Å²) in [5.74, 6) is 0.617. The van der Waals surface area contributed by atoms with Gasteiger partial charge in [0.25, 0.3) is 0 Å². The first-order valence-corrected chi connectivity index (χ1v) is 7.29. The number of nitrogens with one attached hydrogen (secondary N) is 1. The van der Waals surface area contributed by atoms with E-state index in [0.29, 0.717) is 5.92 Å². The van der Waals surface area contributed by atoms with Crippen LogP contribution < -0.4 is 4.90 Å². The lowest BCUT2D eigenvalue weighted by molar-refractivity contribution is -0.138. The van der Waals surface area contributed by atoms with Gasteiger partial charge in [-0.2, -0.15) is 0 Å². The predicted octanol–water partition coefficient (Wildman–Crippen LogP) is 3.05. The van der Waals surface area contributed by atoms with Gasteiger partial charge in [-0.3, -0.25) is 4.79 Å². The number of fused-ring (bicyclic) bond motifs is 3. The number of rotatable bonds is 2. The Labute approximate surface area is 117 Å². The third-order valence-corrected chi connectivity index (χ3v) is 4.94. The van der Waals surface area contributed by atoms with Crippen molar-refractivity contribution in [3.05, 3.63) is 29.3 Å². The van der Waals surface area contributed by atoms with Crippen molar-refractivity contribution in [2.45, 2.75) is 31.6 Å². The number of para-hydroxylation sites is 1. The van der Waals surface area contributed by atoms with Crippen LogP contribution in [-0.2, 0) is 4.79 Å². The Kier molecular flexibility index (Phi) is 2.37. The Hall–Kier alpha value is -1.97. The summed E-state index contributed by atoms with van der Waals surface area (Å²) in [6, 6.07) is 6.05. The second kappa shape index (κ2) is 4.01. The van der Waals surface area contributed by atoms with Gasteiger partial charge in [0.05, 0.1) is 11.4 Å². The number of carboxylic acids is 1. The zero-order valence-electron chi connectivity index (χ0n) is 11.5. The summed E-state index contributed by atoms with van der Waals surface area (Å²) in [6.07, 6.45) is 2.44. The Morgan fingerprint density at radius 3 is 2.85 bits per heavy atom. The van der Waals surface area contributed by atoms with Crippen molar-refractivity contribution in [2.75, 3.05) is 18.0 Å². The molecule has 1 unspecified atom stereocenters. The van der Waals surface area contributed by atoms with E-state index in [2.05, 4.69) is 16.0 Å². The maximum atomic E-state index is 11.3. The van der Waals surface area contributed by atoms with E-state index < -0.39 is 11.9 Å². The van der Waals surface area contributed by atoms with Gasteiger partial charge in [-0.15, -0.1) is 0 Å². The normalized spacial score (nSPS) is 19.4. The van der Waals surface area contributed by atoms with E-state index in [1.165, 1.54) is 29.6 Å². The van der Waals surface area contributed by atoms with Gasteiger partial charge in [0.15, 0.2) is 0 Å². The fourth-order valence-electron chi connectivity index (χ4n) is 3.80. The lowest BCUT2D eigenvalue weighted by Gasteiger charge is -2.40. The van der Waals surface area contributed by atoms with Gasteiger partial charge in [0, 0.05) is 24.0 Å². The molecule has 0 spiro atoms. The highest BCUT2D eigenvalue weighted by Crippen LogP contribution is 2.46. The van der Waals surface area contributed by atoms with Gasteiger partial charge in [0.1, 0.15) is 5.82 Å². The zero-order valence-corrected chi connectivity index (χ0v) is 11.5. The first kappa shape index (κ1) is 11.8. The first-order chi connectivity index (χ1) is 9.66. The molecule has 20 heavy (non-hydrogen) atoms.